The highest BCUT2D eigenvalue weighted by atomic mass is 16.2. The van der Waals surface area contributed by atoms with Gasteiger partial charge in [0.05, 0.1) is 6.04 Å². The number of amides is 1. The van der Waals surface area contributed by atoms with Crippen LogP contribution < -0.4 is 15.5 Å². The van der Waals surface area contributed by atoms with Gasteiger partial charge in [-0.1, -0.05) is 19.8 Å². The van der Waals surface area contributed by atoms with Crippen LogP contribution in [0.1, 0.15) is 58.8 Å². The maximum Gasteiger partial charge on any atom is 0.241 e. The van der Waals surface area contributed by atoms with Crippen molar-refractivity contribution < 1.29 is 4.79 Å². The molecule has 1 saturated heterocycles. The summed E-state index contributed by atoms with van der Waals surface area (Å²) in [5.41, 5.74) is 2.15. The monoisotopic (exact) mass is 343 g/mol. The lowest BCUT2D eigenvalue weighted by molar-refractivity contribution is -0.118. The number of hydrogen-bond acceptors (Lipinski definition) is 3. The zero-order chi connectivity index (χ0) is 17.6. The van der Waals surface area contributed by atoms with Crippen molar-refractivity contribution in [2.24, 2.45) is 5.92 Å². The minimum absolute atomic E-state index is 0.0588. The first-order valence-electron chi connectivity index (χ1n) is 10.1. The smallest absolute Gasteiger partial charge is 0.241 e. The third kappa shape index (κ3) is 4.97. The first-order chi connectivity index (χ1) is 12.1. The maximum absolute atomic E-state index is 12.5. The zero-order valence-electron chi connectivity index (χ0n) is 15.8. The van der Waals surface area contributed by atoms with Crippen molar-refractivity contribution in [1.29, 1.82) is 0 Å². The van der Waals surface area contributed by atoms with Crippen molar-refractivity contribution >= 4 is 17.3 Å². The second-order valence-electron chi connectivity index (χ2n) is 7.84. The molecule has 0 bridgehead atoms. The summed E-state index contributed by atoms with van der Waals surface area (Å²) in [6, 6.07) is 8.61. The number of piperidine rings is 1. The minimum atomic E-state index is -0.160. The molecule has 1 aliphatic heterocycles. The zero-order valence-corrected chi connectivity index (χ0v) is 15.8. The summed E-state index contributed by atoms with van der Waals surface area (Å²) in [7, 11) is 0. The van der Waals surface area contributed by atoms with Gasteiger partial charge in [0.15, 0.2) is 0 Å². The molecule has 0 aromatic heterocycles. The fourth-order valence-corrected chi connectivity index (χ4v) is 4.12. The molecule has 1 amide bonds. The van der Waals surface area contributed by atoms with E-state index in [0.717, 1.165) is 18.8 Å². The molecule has 4 nitrogen and oxygen atoms in total. The average Bonchev–Trinajstić information content (AvgIpc) is 2.65. The van der Waals surface area contributed by atoms with Gasteiger partial charge >= 0.3 is 0 Å². The Kier molecular flexibility index (Phi) is 6.35. The van der Waals surface area contributed by atoms with Gasteiger partial charge in [0.2, 0.25) is 5.91 Å². The Hall–Kier alpha value is -1.55. The third-order valence-electron chi connectivity index (χ3n) is 5.82. The summed E-state index contributed by atoms with van der Waals surface area (Å²) in [6.45, 7) is 6.55. The molecule has 1 aromatic rings. The van der Waals surface area contributed by atoms with E-state index in [1.165, 1.54) is 50.6 Å². The molecular formula is C21H33N3O. The minimum Gasteiger partial charge on any atom is -0.372 e. The van der Waals surface area contributed by atoms with Crippen molar-refractivity contribution in [2.45, 2.75) is 70.9 Å². The fourth-order valence-electron chi connectivity index (χ4n) is 4.12. The van der Waals surface area contributed by atoms with Crippen LogP contribution >= 0.6 is 0 Å². The van der Waals surface area contributed by atoms with Gasteiger partial charge in [0, 0.05) is 30.5 Å². The van der Waals surface area contributed by atoms with E-state index in [0.29, 0.717) is 12.0 Å². The molecule has 1 heterocycles. The highest BCUT2D eigenvalue weighted by Gasteiger charge is 2.24. The van der Waals surface area contributed by atoms with Crippen molar-refractivity contribution in [1.82, 2.24) is 5.32 Å². The quantitative estimate of drug-likeness (QED) is 0.843. The summed E-state index contributed by atoms with van der Waals surface area (Å²) in [4.78, 5) is 14.9. The molecule has 25 heavy (non-hydrogen) atoms. The summed E-state index contributed by atoms with van der Waals surface area (Å²) in [5.74, 6) is 0.719. The number of nitrogens with zero attached hydrogens (tertiary/aromatic N) is 1. The van der Waals surface area contributed by atoms with E-state index < -0.39 is 0 Å². The topological polar surface area (TPSA) is 44.4 Å². The van der Waals surface area contributed by atoms with Gasteiger partial charge in [0.25, 0.3) is 0 Å². The second-order valence-corrected chi connectivity index (χ2v) is 7.84. The normalized spacial score (nSPS) is 25.4. The molecule has 1 aliphatic carbocycles. The number of carbonyl (C=O) groups excluding carboxylic acids is 1. The average molecular weight is 344 g/mol. The first-order valence-corrected chi connectivity index (χ1v) is 10.1. The van der Waals surface area contributed by atoms with Gasteiger partial charge in [-0.05, 0) is 69.2 Å². The molecule has 2 aliphatic rings. The van der Waals surface area contributed by atoms with E-state index in [1.54, 1.807) is 0 Å². The Balaban J connectivity index is 1.51. The van der Waals surface area contributed by atoms with Gasteiger partial charge in [-0.25, -0.2) is 0 Å². The van der Waals surface area contributed by atoms with Crippen LogP contribution in [0.25, 0.3) is 0 Å². The van der Waals surface area contributed by atoms with Crippen LogP contribution in [0.5, 0.6) is 0 Å². The molecule has 2 N–H and O–H groups in total. The Bertz CT molecular complexity index is 551. The number of hydrogen-bond donors (Lipinski definition) is 2. The van der Waals surface area contributed by atoms with Gasteiger partial charge in [-0.3, -0.25) is 4.79 Å². The summed E-state index contributed by atoms with van der Waals surface area (Å²) in [6.07, 6.45) is 8.95. The molecule has 0 radical (unpaired) electrons. The largest absolute Gasteiger partial charge is 0.372 e. The SMILES string of the molecule is CC(NC1CCCCC1C)C(=O)Nc1ccc(N2CCCCC2)cc1. The van der Waals surface area contributed by atoms with Crippen LogP contribution in [0.3, 0.4) is 0 Å². The Labute approximate surface area is 152 Å². The Morgan fingerprint density at radius 1 is 1.04 bits per heavy atom. The highest BCUT2D eigenvalue weighted by Crippen LogP contribution is 2.24. The molecule has 138 valence electrons. The highest BCUT2D eigenvalue weighted by molar-refractivity contribution is 5.94. The van der Waals surface area contributed by atoms with Crippen LogP contribution in [0.2, 0.25) is 0 Å². The van der Waals surface area contributed by atoms with E-state index in [2.05, 4.69) is 34.6 Å². The van der Waals surface area contributed by atoms with Crippen LogP contribution in [0, 0.1) is 5.92 Å². The van der Waals surface area contributed by atoms with Crippen molar-refractivity contribution in [3.8, 4) is 0 Å². The predicted octanol–water partition coefficient (Wildman–Crippen LogP) is 4.17. The molecular weight excluding hydrogens is 310 g/mol. The van der Waals surface area contributed by atoms with Crippen LogP contribution in [-0.2, 0) is 4.79 Å². The van der Waals surface area contributed by atoms with E-state index >= 15 is 0 Å². The fraction of sp³-hybridized carbons (Fsp3) is 0.667. The van der Waals surface area contributed by atoms with E-state index in [1.807, 2.05) is 19.1 Å². The van der Waals surface area contributed by atoms with Crippen molar-refractivity contribution in [2.75, 3.05) is 23.3 Å². The molecule has 1 saturated carbocycles. The summed E-state index contributed by atoms with van der Waals surface area (Å²) in [5, 5.41) is 6.59. The van der Waals surface area contributed by atoms with Gasteiger partial charge < -0.3 is 15.5 Å². The number of anilines is 2. The van der Waals surface area contributed by atoms with Crippen LogP contribution in [0.15, 0.2) is 24.3 Å². The third-order valence-corrected chi connectivity index (χ3v) is 5.82. The van der Waals surface area contributed by atoms with Gasteiger partial charge in [-0.15, -0.1) is 0 Å². The maximum atomic E-state index is 12.5. The molecule has 1 aromatic carbocycles. The summed E-state index contributed by atoms with van der Waals surface area (Å²) >= 11 is 0. The number of nitrogens with one attached hydrogen (secondary N) is 2. The number of benzene rings is 1. The van der Waals surface area contributed by atoms with E-state index in [4.69, 9.17) is 0 Å². The molecule has 4 heteroatoms. The molecule has 3 atom stereocenters. The molecule has 0 spiro atoms. The predicted molar refractivity (Wildman–Crippen MR) is 105 cm³/mol. The second kappa shape index (κ2) is 8.70. The number of carbonyl (C=O) groups is 1. The Morgan fingerprint density at radius 3 is 2.40 bits per heavy atom. The van der Waals surface area contributed by atoms with Gasteiger partial charge in [-0.2, -0.15) is 0 Å². The van der Waals surface area contributed by atoms with Crippen molar-refractivity contribution in [3.63, 3.8) is 0 Å². The number of rotatable bonds is 5. The van der Waals surface area contributed by atoms with Crippen LogP contribution in [-0.4, -0.2) is 31.1 Å². The van der Waals surface area contributed by atoms with E-state index in [-0.39, 0.29) is 11.9 Å². The summed E-state index contributed by atoms with van der Waals surface area (Å²) < 4.78 is 0. The van der Waals surface area contributed by atoms with Gasteiger partial charge in [0.1, 0.15) is 0 Å². The first kappa shape index (κ1) is 18.2. The molecule has 2 fully saturated rings. The molecule has 3 unspecified atom stereocenters. The van der Waals surface area contributed by atoms with E-state index in [9.17, 15) is 4.79 Å². The lowest BCUT2D eigenvalue weighted by atomic mass is 9.85. The van der Waals surface area contributed by atoms with Crippen LogP contribution in [0.4, 0.5) is 11.4 Å². The lowest BCUT2D eigenvalue weighted by Crippen LogP contribution is -2.47. The lowest BCUT2D eigenvalue weighted by Gasteiger charge is -2.31. The molecule has 3 rings (SSSR count). The van der Waals surface area contributed by atoms with Crippen molar-refractivity contribution in [3.05, 3.63) is 24.3 Å². The standard InChI is InChI=1S/C21H33N3O/c1-16-8-4-5-9-20(16)22-17(2)21(25)23-18-10-12-19(13-11-18)24-14-6-3-7-15-24/h10-13,16-17,20,22H,3-9,14-15H2,1-2H3,(H,23,25). The Morgan fingerprint density at radius 2 is 1.72 bits per heavy atom.